The number of hydrogen-bond donors (Lipinski definition) is 0. The molecule has 0 N–H and O–H groups in total. The Bertz CT molecular complexity index is 377. The van der Waals surface area contributed by atoms with Gasteiger partial charge in [0.15, 0.2) is 0 Å². The fourth-order valence-corrected chi connectivity index (χ4v) is 2.57. The predicted molar refractivity (Wildman–Crippen MR) is 70.0 cm³/mol. The third-order valence-corrected chi connectivity index (χ3v) is 3.58. The largest absolute Gasteiger partial charge is 0.338 e. The van der Waals surface area contributed by atoms with E-state index in [1.165, 1.54) is 6.42 Å². The quantitative estimate of drug-likeness (QED) is 0.776. The molecule has 2 rings (SSSR count). The van der Waals surface area contributed by atoms with Crippen LogP contribution in [0, 0.1) is 3.57 Å². The molecule has 0 aliphatic carbocycles. The van der Waals surface area contributed by atoms with Crippen molar-refractivity contribution in [3.63, 3.8) is 0 Å². The van der Waals surface area contributed by atoms with E-state index >= 15 is 0 Å². The molecule has 1 aliphatic rings. The van der Waals surface area contributed by atoms with Gasteiger partial charge < -0.3 is 4.90 Å². The zero-order valence-electron chi connectivity index (χ0n) is 9.40. The van der Waals surface area contributed by atoms with Gasteiger partial charge in [-0.1, -0.05) is 0 Å². The molecule has 0 saturated carbocycles. The number of likely N-dealkylation sites (tertiary alicyclic amines) is 1. The molecule has 16 heavy (non-hydrogen) atoms. The van der Waals surface area contributed by atoms with E-state index in [0.717, 1.165) is 23.0 Å². The molecule has 1 aromatic heterocycles. The average molecular weight is 333 g/mol. The lowest BCUT2D eigenvalue weighted by Gasteiger charge is -2.33. The van der Waals surface area contributed by atoms with E-state index in [1.807, 2.05) is 11.1 Å². The summed E-state index contributed by atoms with van der Waals surface area (Å²) in [6.45, 7) is 3.40. The second-order valence-corrected chi connectivity index (χ2v) is 5.53. The number of hydrogen-bond acceptors (Lipinski definition) is 2. The number of rotatable bonds is 2. The summed E-state index contributed by atoms with van der Waals surface area (Å²) >= 11 is 2.20. The minimum absolute atomic E-state index is 0.187. The summed E-state index contributed by atoms with van der Waals surface area (Å²) in [4.78, 5) is 14.0. The highest BCUT2D eigenvalue weighted by atomic mass is 127. The number of halogens is 1. The fraction of sp³-hybridized carbons (Fsp3) is 0.636. The first kappa shape index (κ1) is 11.9. The van der Waals surface area contributed by atoms with Crippen molar-refractivity contribution in [1.29, 1.82) is 0 Å². The molecule has 5 heteroatoms. The summed E-state index contributed by atoms with van der Waals surface area (Å²) < 4.78 is 2.78. The first-order chi connectivity index (χ1) is 7.66. The lowest BCUT2D eigenvalue weighted by Crippen LogP contribution is -2.43. The summed E-state index contributed by atoms with van der Waals surface area (Å²) in [7, 11) is 0. The van der Waals surface area contributed by atoms with Crippen molar-refractivity contribution >= 4 is 28.5 Å². The van der Waals surface area contributed by atoms with Crippen LogP contribution in [0.4, 0.5) is 0 Å². The van der Waals surface area contributed by atoms with Crippen molar-refractivity contribution in [3.8, 4) is 0 Å². The van der Waals surface area contributed by atoms with Gasteiger partial charge in [0.1, 0.15) is 6.54 Å². The molecule has 88 valence electrons. The van der Waals surface area contributed by atoms with Gasteiger partial charge in [-0.2, -0.15) is 5.10 Å². The standard InChI is InChI=1S/C11H16IN3O/c1-9-4-2-3-5-15(9)11(16)8-14-7-10(12)6-13-14/h6-7,9H,2-5,8H2,1H3/t9-/m0/s1. The number of carbonyl (C=O) groups excluding carboxylic acids is 1. The van der Waals surface area contributed by atoms with Crippen LogP contribution >= 0.6 is 22.6 Å². The van der Waals surface area contributed by atoms with Crippen LogP contribution in [0.5, 0.6) is 0 Å². The van der Waals surface area contributed by atoms with Crippen molar-refractivity contribution in [1.82, 2.24) is 14.7 Å². The molecule has 1 fully saturated rings. The highest BCUT2D eigenvalue weighted by Gasteiger charge is 2.23. The average Bonchev–Trinajstić information content (AvgIpc) is 2.64. The number of nitrogens with zero attached hydrogens (tertiary/aromatic N) is 3. The maximum Gasteiger partial charge on any atom is 0.244 e. The minimum atomic E-state index is 0.187. The van der Waals surface area contributed by atoms with Crippen molar-refractivity contribution in [2.45, 2.75) is 38.8 Å². The summed E-state index contributed by atoms with van der Waals surface area (Å²) in [6.07, 6.45) is 7.17. The predicted octanol–water partition coefficient (Wildman–Crippen LogP) is 1.89. The number of piperidine rings is 1. The summed E-state index contributed by atoms with van der Waals surface area (Å²) in [5.74, 6) is 0.187. The van der Waals surface area contributed by atoms with Crippen LogP contribution in [-0.4, -0.2) is 33.2 Å². The van der Waals surface area contributed by atoms with Crippen LogP contribution in [0.2, 0.25) is 0 Å². The Morgan fingerprint density at radius 3 is 3.06 bits per heavy atom. The van der Waals surface area contributed by atoms with Gasteiger partial charge in [0.25, 0.3) is 0 Å². The Morgan fingerprint density at radius 1 is 1.62 bits per heavy atom. The highest BCUT2D eigenvalue weighted by Crippen LogP contribution is 2.16. The van der Waals surface area contributed by atoms with Gasteiger partial charge in [-0.3, -0.25) is 9.48 Å². The van der Waals surface area contributed by atoms with E-state index in [-0.39, 0.29) is 5.91 Å². The Labute approximate surface area is 109 Å². The zero-order chi connectivity index (χ0) is 11.5. The van der Waals surface area contributed by atoms with Crippen LogP contribution in [0.25, 0.3) is 0 Å². The van der Waals surface area contributed by atoms with Gasteiger partial charge in [0.2, 0.25) is 5.91 Å². The zero-order valence-corrected chi connectivity index (χ0v) is 11.6. The molecular weight excluding hydrogens is 317 g/mol. The lowest BCUT2D eigenvalue weighted by molar-refractivity contribution is -0.135. The third kappa shape index (κ3) is 2.75. The fourth-order valence-electron chi connectivity index (χ4n) is 2.12. The molecular formula is C11H16IN3O. The highest BCUT2D eigenvalue weighted by molar-refractivity contribution is 14.1. The van der Waals surface area contributed by atoms with Crippen molar-refractivity contribution < 1.29 is 4.79 Å². The topological polar surface area (TPSA) is 38.1 Å². The van der Waals surface area contributed by atoms with Crippen LogP contribution in [0.1, 0.15) is 26.2 Å². The molecule has 0 unspecified atom stereocenters. The van der Waals surface area contributed by atoms with Crippen molar-refractivity contribution in [3.05, 3.63) is 16.0 Å². The molecule has 1 aliphatic heterocycles. The SMILES string of the molecule is C[C@H]1CCCCN1C(=O)Cn1cc(I)cn1. The van der Waals surface area contributed by atoms with Gasteiger partial charge in [0, 0.05) is 18.8 Å². The van der Waals surface area contributed by atoms with E-state index < -0.39 is 0 Å². The molecule has 1 atom stereocenters. The normalized spacial score (nSPS) is 21.1. The smallest absolute Gasteiger partial charge is 0.244 e. The second kappa shape index (κ2) is 5.16. The maximum atomic E-state index is 12.0. The van der Waals surface area contributed by atoms with E-state index in [1.54, 1.807) is 10.9 Å². The van der Waals surface area contributed by atoms with E-state index in [9.17, 15) is 4.79 Å². The van der Waals surface area contributed by atoms with Crippen LogP contribution in [0.15, 0.2) is 12.4 Å². The first-order valence-corrected chi connectivity index (χ1v) is 6.72. The Kier molecular flexibility index (Phi) is 3.83. The molecule has 0 spiro atoms. The number of aromatic nitrogens is 2. The van der Waals surface area contributed by atoms with Crippen LogP contribution in [-0.2, 0) is 11.3 Å². The van der Waals surface area contributed by atoms with Gasteiger partial charge in [-0.15, -0.1) is 0 Å². The van der Waals surface area contributed by atoms with Gasteiger partial charge in [-0.05, 0) is 48.8 Å². The van der Waals surface area contributed by atoms with Crippen LogP contribution < -0.4 is 0 Å². The van der Waals surface area contributed by atoms with Crippen molar-refractivity contribution in [2.75, 3.05) is 6.54 Å². The maximum absolute atomic E-state index is 12.0. The molecule has 1 saturated heterocycles. The monoisotopic (exact) mass is 333 g/mol. The van der Waals surface area contributed by atoms with E-state index in [2.05, 4.69) is 34.6 Å². The summed E-state index contributed by atoms with van der Waals surface area (Å²) in [5, 5.41) is 4.14. The molecule has 1 amide bonds. The molecule has 1 aromatic rings. The first-order valence-electron chi connectivity index (χ1n) is 5.64. The number of carbonyl (C=O) groups is 1. The Hall–Kier alpha value is -0.590. The van der Waals surface area contributed by atoms with Gasteiger partial charge in [-0.25, -0.2) is 0 Å². The van der Waals surface area contributed by atoms with Crippen molar-refractivity contribution in [2.24, 2.45) is 0 Å². The molecule has 4 nitrogen and oxygen atoms in total. The molecule has 0 bridgehead atoms. The van der Waals surface area contributed by atoms with Crippen LogP contribution in [0.3, 0.4) is 0 Å². The van der Waals surface area contributed by atoms with Gasteiger partial charge in [0.05, 0.1) is 9.77 Å². The lowest BCUT2D eigenvalue weighted by atomic mass is 10.0. The number of amides is 1. The van der Waals surface area contributed by atoms with E-state index in [4.69, 9.17) is 0 Å². The minimum Gasteiger partial charge on any atom is -0.338 e. The van der Waals surface area contributed by atoms with Gasteiger partial charge >= 0.3 is 0 Å². The molecule has 0 radical (unpaired) electrons. The third-order valence-electron chi connectivity index (χ3n) is 3.02. The Balaban J connectivity index is 1.96. The molecule has 0 aromatic carbocycles. The Morgan fingerprint density at radius 2 is 2.44 bits per heavy atom. The summed E-state index contributed by atoms with van der Waals surface area (Å²) in [5.41, 5.74) is 0. The summed E-state index contributed by atoms with van der Waals surface area (Å²) in [6, 6.07) is 0.385. The second-order valence-electron chi connectivity index (χ2n) is 4.29. The van der Waals surface area contributed by atoms with E-state index in [0.29, 0.717) is 12.6 Å². The molecule has 2 heterocycles.